The van der Waals surface area contributed by atoms with Crippen LogP contribution in [0.1, 0.15) is 33.1 Å². The molecule has 1 amide bonds. The second kappa shape index (κ2) is 7.34. The Morgan fingerprint density at radius 3 is 2.86 bits per heavy atom. The maximum absolute atomic E-state index is 12.6. The van der Waals surface area contributed by atoms with E-state index in [-0.39, 0.29) is 5.91 Å². The van der Waals surface area contributed by atoms with Gasteiger partial charge in [-0.1, -0.05) is 19.9 Å². The minimum absolute atomic E-state index is 0.104. The number of nitrogens with zero attached hydrogens (tertiary/aromatic N) is 1. The van der Waals surface area contributed by atoms with Crippen molar-refractivity contribution in [3.8, 4) is 11.5 Å². The summed E-state index contributed by atoms with van der Waals surface area (Å²) in [6.07, 6.45) is 2.54. The van der Waals surface area contributed by atoms with Gasteiger partial charge < -0.3 is 14.4 Å². The van der Waals surface area contributed by atoms with Crippen LogP contribution in [0.15, 0.2) is 24.3 Å². The van der Waals surface area contributed by atoms with Gasteiger partial charge in [-0.15, -0.1) is 0 Å². The normalized spacial score (nSPS) is 20.0. The molecule has 0 bridgehead atoms. The molecule has 0 spiro atoms. The standard InChI is InChI=1S/C17H25NO3/c1-4-16(17(19)18-10-6-7-13(2)12-18)21-15-9-5-8-14(11-15)20-3/h5,8-9,11,13,16H,4,6-7,10,12H2,1-3H3. The molecule has 0 aliphatic carbocycles. The third kappa shape index (κ3) is 4.13. The zero-order valence-electron chi connectivity index (χ0n) is 13.2. The summed E-state index contributed by atoms with van der Waals surface area (Å²) in [4.78, 5) is 14.6. The van der Waals surface area contributed by atoms with Gasteiger partial charge in [0.05, 0.1) is 7.11 Å². The number of methoxy groups -OCH3 is 1. The van der Waals surface area contributed by atoms with Gasteiger partial charge in [-0.3, -0.25) is 4.79 Å². The van der Waals surface area contributed by atoms with Gasteiger partial charge in [-0.25, -0.2) is 0 Å². The van der Waals surface area contributed by atoms with E-state index in [1.807, 2.05) is 36.1 Å². The van der Waals surface area contributed by atoms with Crippen LogP contribution in [0.5, 0.6) is 11.5 Å². The molecular formula is C17H25NO3. The SMILES string of the molecule is CCC(Oc1cccc(OC)c1)C(=O)N1CCCC(C)C1. The molecule has 0 radical (unpaired) electrons. The lowest BCUT2D eigenvalue weighted by molar-refractivity contribution is -0.140. The third-order valence-corrected chi connectivity index (χ3v) is 3.93. The lowest BCUT2D eigenvalue weighted by Gasteiger charge is -2.33. The number of amides is 1. The summed E-state index contributed by atoms with van der Waals surface area (Å²) in [6, 6.07) is 7.41. The summed E-state index contributed by atoms with van der Waals surface area (Å²) in [5.74, 6) is 2.10. The molecule has 1 aromatic carbocycles. The quantitative estimate of drug-likeness (QED) is 0.836. The van der Waals surface area contributed by atoms with Crippen LogP contribution in [0.3, 0.4) is 0 Å². The molecule has 0 aromatic heterocycles. The van der Waals surface area contributed by atoms with Crippen LogP contribution in [0.2, 0.25) is 0 Å². The van der Waals surface area contributed by atoms with Crippen molar-refractivity contribution in [2.45, 2.75) is 39.2 Å². The average molecular weight is 291 g/mol. The third-order valence-electron chi connectivity index (χ3n) is 3.93. The first-order valence-corrected chi connectivity index (χ1v) is 7.73. The van der Waals surface area contributed by atoms with E-state index in [0.29, 0.717) is 18.1 Å². The van der Waals surface area contributed by atoms with Crippen LogP contribution in [-0.4, -0.2) is 37.1 Å². The van der Waals surface area contributed by atoms with E-state index < -0.39 is 6.10 Å². The first kappa shape index (κ1) is 15.7. The van der Waals surface area contributed by atoms with E-state index in [0.717, 1.165) is 25.3 Å². The first-order chi connectivity index (χ1) is 10.1. The summed E-state index contributed by atoms with van der Waals surface area (Å²) in [5, 5.41) is 0. The number of carbonyl (C=O) groups excluding carboxylic acids is 1. The number of hydrogen-bond acceptors (Lipinski definition) is 3. The Hall–Kier alpha value is -1.71. The average Bonchev–Trinajstić information content (AvgIpc) is 2.52. The highest BCUT2D eigenvalue weighted by molar-refractivity contribution is 5.81. The molecule has 4 heteroatoms. The van der Waals surface area contributed by atoms with Gasteiger partial charge in [-0.2, -0.15) is 0 Å². The molecule has 1 saturated heterocycles. The van der Waals surface area contributed by atoms with Gasteiger partial charge in [0, 0.05) is 19.2 Å². The lowest BCUT2D eigenvalue weighted by Crippen LogP contribution is -2.46. The van der Waals surface area contributed by atoms with E-state index in [1.54, 1.807) is 7.11 Å². The molecule has 1 aromatic rings. The van der Waals surface area contributed by atoms with Gasteiger partial charge in [0.15, 0.2) is 6.10 Å². The Kier molecular flexibility index (Phi) is 5.48. The highest BCUT2D eigenvalue weighted by Crippen LogP contribution is 2.22. The Balaban J connectivity index is 2.02. The molecule has 1 aliphatic heterocycles. The summed E-state index contributed by atoms with van der Waals surface area (Å²) < 4.78 is 11.1. The Bertz CT molecular complexity index is 475. The Labute approximate surface area is 127 Å². The smallest absolute Gasteiger partial charge is 0.263 e. The maximum atomic E-state index is 12.6. The molecule has 1 aliphatic rings. The fraction of sp³-hybridized carbons (Fsp3) is 0.588. The van der Waals surface area contributed by atoms with Crippen molar-refractivity contribution >= 4 is 5.91 Å². The molecule has 1 fully saturated rings. The van der Waals surface area contributed by atoms with Crippen molar-refractivity contribution in [3.05, 3.63) is 24.3 Å². The molecule has 2 rings (SSSR count). The number of benzene rings is 1. The van der Waals surface area contributed by atoms with Crippen molar-refractivity contribution in [1.29, 1.82) is 0 Å². The predicted octanol–water partition coefficient (Wildman–Crippen LogP) is 3.11. The van der Waals surface area contributed by atoms with Gasteiger partial charge in [0.25, 0.3) is 5.91 Å². The Morgan fingerprint density at radius 2 is 2.19 bits per heavy atom. The van der Waals surface area contributed by atoms with E-state index >= 15 is 0 Å². The second-order valence-corrected chi connectivity index (χ2v) is 5.73. The van der Waals surface area contributed by atoms with Crippen molar-refractivity contribution in [2.24, 2.45) is 5.92 Å². The first-order valence-electron chi connectivity index (χ1n) is 7.73. The number of likely N-dealkylation sites (tertiary alicyclic amines) is 1. The Morgan fingerprint density at radius 1 is 1.43 bits per heavy atom. The zero-order chi connectivity index (χ0) is 15.2. The molecular weight excluding hydrogens is 266 g/mol. The van der Waals surface area contributed by atoms with Gasteiger partial charge in [0.1, 0.15) is 11.5 Å². The molecule has 0 saturated carbocycles. The zero-order valence-corrected chi connectivity index (χ0v) is 13.2. The van der Waals surface area contributed by atoms with Crippen LogP contribution in [0.4, 0.5) is 0 Å². The molecule has 1 heterocycles. The largest absolute Gasteiger partial charge is 0.497 e. The topological polar surface area (TPSA) is 38.8 Å². The fourth-order valence-electron chi connectivity index (χ4n) is 2.74. The molecule has 21 heavy (non-hydrogen) atoms. The number of carbonyl (C=O) groups is 1. The van der Waals surface area contributed by atoms with Gasteiger partial charge in [0.2, 0.25) is 0 Å². The van der Waals surface area contributed by atoms with Crippen LogP contribution >= 0.6 is 0 Å². The van der Waals surface area contributed by atoms with Gasteiger partial charge in [-0.05, 0) is 37.3 Å². The van der Waals surface area contributed by atoms with E-state index in [1.165, 1.54) is 6.42 Å². The predicted molar refractivity (Wildman–Crippen MR) is 82.7 cm³/mol. The fourth-order valence-corrected chi connectivity index (χ4v) is 2.74. The van der Waals surface area contributed by atoms with Crippen LogP contribution in [-0.2, 0) is 4.79 Å². The summed E-state index contributed by atoms with van der Waals surface area (Å²) in [5.41, 5.74) is 0. The second-order valence-electron chi connectivity index (χ2n) is 5.73. The van der Waals surface area contributed by atoms with Crippen LogP contribution < -0.4 is 9.47 Å². The molecule has 2 unspecified atom stereocenters. The lowest BCUT2D eigenvalue weighted by atomic mass is 9.99. The van der Waals surface area contributed by atoms with Crippen molar-refractivity contribution < 1.29 is 14.3 Å². The van der Waals surface area contributed by atoms with E-state index in [4.69, 9.17) is 9.47 Å². The van der Waals surface area contributed by atoms with Crippen molar-refractivity contribution in [3.63, 3.8) is 0 Å². The number of ether oxygens (including phenoxy) is 2. The summed E-state index contributed by atoms with van der Waals surface area (Å²) in [7, 11) is 1.62. The summed E-state index contributed by atoms with van der Waals surface area (Å²) in [6.45, 7) is 5.87. The number of rotatable bonds is 5. The monoisotopic (exact) mass is 291 g/mol. The summed E-state index contributed by atoms with van der Waals surface area (Å²) >= 11 is 0. The minimum Gasteiger partial charge on any atom is -0.497 e. The minimum atomic E-state index is -0.414. The maximum Gasteiger partial charge on any atom is 0.263 e. The van der Waals surface area contributed by atoms with E-state index in [2.05, 4.69) is 6.92 Å². The highest BCUT2D eigenvalue weighted by Gasteiger charge is 2.27. The number of hydrogen-bond donors (Lipinski definition) is 0. The number of piperidine rings is 1. The van der Waals surface area contributed by atoms with Gasteiger partial charge >= 0.3 is 0 Å². The molecule has 4 nitrogen and oxygen atoms in total. The van der Waals surface area contributed by atoms with E-state index in [9.17, 15) is 4.79 Å². The molecule has 2 atom stereocenters. The van der Waals surface area contributed by atoms with Crippen LogP contribution in [0, 0.1) is 5.92 Å². The van der Waals surface area contributed by atoms with Crippen LogP contribution in [0.25, 0.3) is 0 Å². The molecule has 116 valence electrons. The highest BCUT2D eigenvalue weighted by atomic mass is 16.5. The molecule has 0 N–H and O–H groups in total. The van der Waals surface area contributed by atoms with Crippen molar-refractivity contribution in [1.82, 2.24) is 4.90 Å². The van der Waals surface area contributed by atoms with Crippen molar-refractivity contribution in [2.75, 3.05) is 20.2 Å².